The Morgan fingerprint density at radius 3 is 2.35 bits per heavy atom. The van der Waals surface area contributed by atoms with Crippen LogP contribution in [0.5, 0.6) is 0 Å². The van der Waals surface area contributed by atoms with Crippen molar-refractivity contribution in [3.05, 3.63) is 17.0 Å². The molecule has 0 aliphatic carbocycles. The lowest BCUT2D eigenvalue weighted by Crippen LogP contribution is -2.29. The maximum Gasteiger partial charge on any atom is 0.270 e. The fourth-order valence-electron chi connectivity index (χ4n) is 1.15. The molecule has 1 aromatic rings. The minimum Gasteiger partial charge on any atom is -0.349 e. The molecule has 1 aromatic heterocycles. The van der Waals surface area contributed by atoms with Crippen LogP contribution in [0.25, 0.3) is 0 Å². The van der Waals surface area contributed by atoms with Crippen LogP contribution in [0, 0.1) is 5.92 Å². The first-order valence-corrected chi connectivity index (χ1v) is 8.19. The molecule has 96 valence electrons. The van der Waals surface area contributed by atoms with Crippen molar-refractivity contribution in [3.8, 4) is 0 Å². The topological polar surface area (TPSA) is 63.2 Å². The molecule has 0 aliphatic rings. The summed E-state index contributed by atoms with van der Waals surface area (Å²) in [5.41, 5.74) is 0. The lowest BCUT2D eigenvalue weighted by atomic mass is 10.2. The Kier molecular flexibility index (Phi) is 4.57. The predicted molar refractivity (Wildman–Crippen MR) is 68.8 cm³/mol. The quantitative estimate of drug-likeness (QED) is 0.868. The highest BCUT2D eigenvalue weighted by atomic mass is 35.7. The number of carbonyl (C=O) groups is 1. The van der Waals surface area contributed by atoms with Crippen LogP contribution in [0.2, 0.25) is 0 Å². The van der Waals surface area contributed by atoms with E-state index in [1.165, 1.54) is 6.07 Å². The number of nitrogens with one attached hydrogen (secondary N) is 1. The summed E-state index contributed by atoms with van der Waals surface area (Å²) in [6.07, 6.45) is 0. The average Bonchev–Trinajstić information content (AvgIpc) is 2.65. The summed E-state index contributed by atoms with van der Waals surface area (Å²) < 4.78 is 22.3. The number of thiophene rings is 1. The van der Waals surface area contributed by atoms with Crippen LogP contribution in [-0.4, -0.2) is 14.3 Å². The van der Waals surface area contributed by atoms with Gasteiger partial charge in [-0.1, -0.05) is 13.8 Å². The van der Waals surface area contributed by atoms with Crippen LogP contribution < -0.4 is 5.32 Å². The lowest BCUT2D eigenvalue weighted by molar-refractivity contribution is -0.124. The van der Waals surface area contributed by atoms with Crippen LogP contribution >= 0.6 is 22.0 Å². The third-order valence-electron chi connectivity index (χ3n) is 2.15. The summed E-state index contributed by atoms with van der Waals surface area (Å²) in [5, 5.41) is 2.79. The van der Waals surface area contributed by atoms with E-state index < -0.39 is 9.05 Å². The molecule has 0 unspecified atom stereocenters. The van der Waals surface area contributed by atoms with E-state index in [-0.39, 0.29) is 22.1 Å². The second-order valence-corrected chi connectivity index (χ2v) is 7.89. The van der Waals surface area contributed by atoms with Gasteiger partial charge in [0.2, 0.25) is 5.91 Å². The van der Waals surface area contributed by atoms with E-state index in [1.807, 2.05) is 0 Å². The van der Waals surface area contributed by atoms with Gasteiger partial charge in [0.15, 0.2) is 0 Å². The SMILES string of the molecule is CC(C)C(=O)N[C@@H](C)c1ccc(S(=O)(=O)Cl)s1. The van der Waals surface area contributed by atoms with Gasteiger partial charge >= 0.3 is 0 Å². The van der Waals surface area contributed by atoms with E-state index in [4.69, 9.17) is 10.7 Å². The first kappa shape index (κ1) is 14.5. The molecule has 0 aromatic carbocycles. The lowest BCUT2D eigenvalue weighted by Gasteiger charge is -2.13. The first-order chi connectivity index (χ1) is 7.71. The molecule has 0 fully saturated rings. The molecule has 0 saturated heterocycles. The van der Waals surface area contributed by atoms with E-state index in [1.54, 1.807) is 26.8 Å². The number of rotatable bonds is 4. The Labute approximate surface area is 109 Å². The smallest absolute Gasteiger partial charge is 0.270 e. The monoisotopic (exact) mass is 295 g/mol. The Bertz CT molecular complexity index is 507. The zero-order valence-corrected chi connectivity index (χ0v) is 12.1. The Morgan fingerprint density at radius 1 is 1.35 bits per heavy atom. The molecule has 0 aliphatic heterocycles. The summed E-state index contributed by atoms with van der Waals surface area (Å²) in [6, 6.07) is 2.88. The maximum atomic E-state index is 11.5. The molecular formula is C10H14ClNO3S2. The maximum absolute atomic E-state index is 11.5. The van der Waals surface area contributed by atoms with E-state index >= 15 is 0 Å². The highest BCUT2D eigenvalue weighted by Crippen LogP contribution is 2.28. The molecule has 0 radical (unpaired) electrons. The van der Waals surface area contributed by atoms with Gasteiger partial charge in [-0.15, -0.1) is 11.3 Å². The second-order valence-electron chi connectivity index (χ2n) is 3.98. The molecule has 1 amide bonds. The van der Waals surface area contributed by atoms with Crippen LogP contribution in [0.3, 0.4) is 0 Å². The molecule has 0 saturated carbocycles. The molecule has 1 atom stereocenters. The molecule has 1 rings (SSSR count). The van der Waals surface area contributed by atoms with Gasteiger partial charge in [-0.05, 0) is 19.1 Å². The van der Waals surface area contributed by atoms with Crippen molar-refractivity contribution in [1.82, 2.24) is 5.32 Å². The van der Waals surface area contributed by atoms with Crippen molar-refractivity contribution >= 4 is 37.0 Å². The molecule has 1 heterocycles. The number of hydrogen-bond acceptors (Lipinski definition) is 4. The first-order valence-electron chi connectivity index (χ1n) is 5.06. The summed E-state index contributed by atoms with van der Waals surface area (Å²) in [7, 11) is 1.55. The van der Waals surface area contributed by atoms with Gasteiger partial charge in [-0.25, -0.2) is 8.42 Å². The van der Waals surface area contributed by atoms with E-state index in [2.05, 4.69) is 5.32 Å². The Hall–Kier alpha value is -0.590. The standard InChI is InChI=1S/C10H14ClNO3S2/c1-6(2)10(13)12-7(3)8-4-5-9(16-8)17(11,14)15/h4-7H,1-3H3,(H,12,13)/t7-/m0/s1. The Balaban J connectivity index is 2.81. The van der Waals surface area contributed by atoms with Crippen molar-refractivity contribution in [1.29, 1.82) is 0 Å². The van der Waals surface area contributed by atoms with Crippen molar-refractivity contribution in [2.75, 3.05) is 0 Å². The third kappa shape index (κ3) is 3.97. The van der Waals surface area contributed by atoms with Crippen LogP contribution in [0.15, 0.2) is 16.3 Å². The van der Waals surface area contributed by atoms with Gasteiger partial charge in [0, 0.05) is 21.5 Å². The summed E-state index contributed by atoms with van der Waals surface area (Å²) in [4.78, 5) is 12.2. The summed E-state index contributed by atoms with van der Waals surface area (Å²) in [5.74, 6) is -0.171. The summed E-state index contributed by atoms with van der Waals surface area (Å²) in [6.45, 7) is 5.40. The van der Waals surface area contributed by atoms with Crippen LogP contribution in [-0.2, 0) is 13.8 Å². The summed E-state index contributed by atoms with van der Waals surface area (Å²) >= 11 is 1.07. The number of amides is 1. The van der Waals surface area contributed by atoms with Crippen molar-refractivity contribution in [2.24, 2.45) is 5.92 Å². The highest BCUT2D eigenvalue weighted by molar-refractivity contribution is 8.15. The van der Waals surface area contributed by atoms with Crippen LogP contribution in [0.4, 0.5) is 0 Å². The van der Waals surface area contributed by atoms with Crippen molar-refractivity contribution < 1.29 is 13.2 Å². The zero-order valence-electron chi connectivity index (χ0n) is 9.73. The van der Waals surface area contributed by atoms with Gasteiger partial charge in [-0.3, -0.25) is 4.79 Å². The predicted octanol–water partition coefficient (Wildman–Crippen LogP) is 2.51. The number of hydrogen-bond donors (Lipinski definition) is 1. The zero-order chi connectivity index (χ0) is 13.2. The molecule has 4 nitrogen and oxygen atoms in total. The fraction of sp³-hybridized carbons (Fsp3) is 0.500. The van der Waals surface area contributed by atoms with Gasteiger partial charge in [0.25, 0.3) is 9.05 Å². The van der Waals surface area contributed by atoms with Gasteiger partial charge < -0.3 is 5.32 Å². The highest BCUT2D eigenvalue weighted by Gasteiger charge is 2.18. The average molecular weight is 296 g/mol. The molecule has 17 heavy (non-hydrogen) atoms. The van der Waals surface area contributed by atoms with E-state index in [9.17, 15) is 13.2 Å². The van der Waals surface area contributed by atoms with Gasteiger partial charge in [0.1, 0.15) is 4.21 Å². The fourth-order valence-corrected chi connectivity index (χ4v) is 3.24. The number of carbonyl (C=O) groups excluding carboxylic acids is 1. The minimum atomic E-state index is -3.68. The van der Waals surface area contributed by atoms with Gasteiger partial charge in [0.05, 0.1) is 6.04 Å². The second kappa shape index (κ2) is 5.37. The molecule has 1 N–H and O–H groups in total. The minimum absolute atomic E-state index is 0.0684. The van der Waals surface area contributed by atoms with E-state index in [0.29, 0.717) is 0 Å². The molecule has 0 spiro atoms. The largest absolute Gasteiger partial charge is 0.349 e. The molecule has 0 bridgehead atoms. The van der Waals surface area contributed by atoms with Crippen molar-refractivity contribution in [2.45, 2.75) is 31.0 Å². The molecular weight excluding hydrogens is 282 g/mol. The Morgan fingerprint density at radius 2 is 1.94 bits per heavy atom. The third-order valence-corrected chi connectivity index (χ3v) is 5.51. The van der Waals surface area contributed by atoms with E-state index in [0.717, 1.165) is 16.2 Å². The van der Waals surface area contributed by atoms with Crippen molar-refractivity contribution in [3.63, 3.8) is 0 Å². The number of halogens is 1. The van der Waals surface area contributed by atoms with Crippen LogP contribution in [0.1, 0.15) is 31.7 Å². The van der Waals surface area contributed by atoms with Gasteiger partial charge in [-0.2, -0.15) is 0 Å². The molecule has 7 heteroatoms. The normalized spacial score (nSPS) is 13.7.